The molecule has 166 valence electrons. The summed E-state index contributed by atoms with van der Waals surface area (Å²) >= 11 is 0. The maximum Gasteiger partial charge on any atom is 0.236 e. The van der Waals surface area contributed by atoms with Gasteiger partial charge in [-0.25, -0.2) is 4.99 Å². The minimum atomic E-state index is 0.288. The molecule has 3 aliphatic rings. The number of carbonyl (C=O) groups is 1. The highest BCUT2D eigenvalue weighted by Gasteiger charge is 2.26. The number of nitrogens with zero attached hydrogens (tertiary/aromatic N) is 7. The first-order valence-electron chi connectivity index (χ1n) is 11.5. The summed E-state index contributed by atoms with van der Waals surface area (Å²) in [4.78, 5) is 24.0. The van der Waals surface area contributed by atoms with Gasteiger partial charge in [0, 0.05) is 52.4 Å². The van der Waals surface area contributed by atoms with Crippen LogP contribution in [0.3, 0.4) is 0 Å². The number of aliphatic imine (C=N–C) groups is 1. The second kappa shape index (κ2) is 9.76. The molecule has 2 aliphatic heterocycles. The van der Waals surface area contributed by atoms with E-state index in [9.17, 15) is 4.79 Å². The summed E-state index contributed by atoms with van der Waals surface area (Å²) in [5.41, 5.74) is 0. The topological polar surface area (TPSA) is 81.9 Å². The molecule has 3 heterocycles. The van der Waals surface area contributed by atoms with Crippen LogP contribution in [0.4, 0.5) is 0 Å². The first-order chi connectivity index (χ1) is 14.6. The van der Waals surface area contributed by atoms with Crippen molar-refractivity contribution in [2.45, 2.75) is 58.0 Å². The monoisotopic (exact) mass is 416 g/mol. The Kier molecular flexibility index (Phi) is 6.86. The zero-order valence-electron chi connectivity index (χ0n) is 18.5. The first kappa shape index (κ1) is 21.1. The third kappa shape index (κ3) is 5.11. The second-order valence-electron chi connectivity index (χ2n) is 8.84. The Bertz CT molecular complexity index is 740. The molecule has 2 saturated heterocycles. The largest absolute Gasteiger partial charge is 0.353 e. The molecule has 4 rings (SSSR count). The number of likely N-dealkylation sites (tertiary alicyclic amines) is 1. The smallest absolute Gasteiger partial charge is 0.236 e. The molecule has 1 aromatic rings. The number of nitrogens with one attached hydrogen (secondary N) is 1. The number of rotatable bonds is 5. The Morgan fingerprint density at radius 3 is 2.33 bits per heavy atom. The van der Waals surface area contributed by atoms with E-state index in [1.165, 1.54) is 25.7 Å². The summed E-state index contributed by atoms with van der Waals surface area (Å²) in [5.74, 6) is 3.06. The summed E-state index contributed by atoms with van der Waals surface area (Å²) in [5, 5.41) is 12.1. The van der Waals surface area contributed by atoms with Gasteiger partial charge in [-0.15, -0.1) is 10.2 Å². The number of hydrogen-bond donors (Lipinski definition) is 1. The van der Waals surface area contributed by atoms with Crippen LogP contribution >= 0.6 is 0 Å². The van der Waals surface area contributed by atoms with Crippen LogP contribution in [-0.4, -0.2) is 93.2 Å². The normalized spacial score (nSPS) is 21.6. The van der Waals surface area contributed by atoms with Crippen LogP contribution in [0.1, 0.15) is 50.2 Å². The lowest BCUT2D eigenvalue weighted by Crippen LogP contribution is -2.55. The van der Waals surface area contributed by atoms with Crippen molar-refractivity contribution in [2.24, 2.45) is 12.0 Å². The Morgan fingerprint density at radius 1 is 1.00 bits per heavy atom. The van der Waals surface area contributed by atoms with Crippen LogP contribution < -0.4 is 5.32 Å². The number of amides is 1. The summed E-state index contributed by atoms with van der Waals surface area (Å²) in [7, 11) is 1.99. The molecule has 0 radical (unpaired) electrons. The van der Waals surface area contributed by atoms with E-state index in [0.717, 1.165) is 69.7 Å². The number of piperazine rings is 1. The van der Waals surface area contributed by atoms with Gasteiger partial charge in [0.2, 0.25) is 5.91 Å². The number of guanidine groups is 1. The van der Waals surface area contributed by atoms with Gasteiger partial charge < -0.3 is 19.7 Å². The van der Waals surface area contributed by atoms with E-state index in [1.54, 1.807) is 0 Å². The van der Waals surface area contributed by atoms with Crippen molar-refractivity contribution in [3.05, 3.63) is 11.6 Å². The van der Waals surface area contributed by atoms with E-state index in [2.05, 4.69) is 25.3 Å². The van der Waals surface area contributed by atoms with Crippen LogP contribution in [0.25, 0.3) is 0 Å². The van der Waals surface area contributed by atoms with Crippen molar-refractivity contribution in [3.8, 4) is 0 Å². The Hall–Kier alpha value is -2.16. The fourth-order valence-corrected chi connectivity index (χ4v) is 4.60. The van der Waals surface area contributed by atoms with Crippen molar-refractivity contribution in [1.29, 1.82) is 0 Å². The third-order valence-electron chi connectivity index (χ3n) is 6.73. The fourth-order valence-electron chi connectivity index (χ4n) is 4.60. The molecule has 0 unspecified atom stereocenters. The quantitative estimate of drug-likeness (QED) is 0.564. The summed E-state index contributed by atoms with van der Waals surface area (Å²) in [6.07, 6.45) is 7.31. The molecule has 1 aromatic heterocycles. The molecule has 0 atom stereocenters. The molecule has 1 aliphatic carbocycles. The molecule has 9 nitrogen and oxygen atoms in total. The lowest BCUT2D eigenvalue weighted by Gasteiger charge is -2.37. The van der Waals surface area contributed by atoms with Gasteiger partial charge in [-0.2, -0.15) is 0 Å². The average molecular weight is 417 g/mol. The van der Waals surface area contributed by atoms with Crippen molar-refractivity contribution in [2.75, 3.05) is 45.8 Å². The number of carbonyl (C=O) groups excluding carboxylic acids is 1. The Balaban J connectivity index is 1.35. The van der Waals surface area contributed by atoms with Gasteiger partial charge in [-0.3, -0.25) is 9.69 Å². The molecule has 0 spiro atoms. The van der Waals surface area contributed by atoms with Gasteiger partial charge in [0.25, 0.3) is 0 Å². The van der Waals surface area contributed by atoms with Crippen molar-refractivity contribution < 1.29 is 4.79 Å². The fraction of sp³-hybridized carbons (Fsp3) is 0.810. The minimum absolute atomic E-state index is 0.288. The van der Waals surface area contributed by atoms with E-state index in [4.69, 9.17) is 4.99 Å². The number of aromatic nitrogens is 3. The minimum Gasteiger partial charge on any atom is -0.353 e. The predicted octanol–water partition coefficient (Wildman–Crippen LogP) is 0.752. The van der Waals surface area contributed by atoms with Crippen molar-refractivity contribution in [1.82, 2.24) is 34.8 Å². The van der Waals surface area contributed by atoms with E-state index < -0.39 is 0 Å². The molecule has 0 aromatic carbocycles. The van der Waals surface area contributed by atoms with E-state index >= 15 is 0 Å². The summed E-state index contributed by atoms with van der Waals surface area (Å²) in [6, 6.07) is 0.514. The van der Waals surface area contributed by atoms with Crippen LogP contribution in [-0.2, 0) is 18.4 Å². The van der Waals surface area contributed by atoms with E-state index in [1.807, 2.05) is 23.4 Å². The summed E-state index contributed by atoms with van der Waals surface area (Å²) < 4.78 is 2.00. The second-order valence-corrected chi connectivity index (χ2v) is 8.84. The van der Waals surface area contributed by atoms with Gasteiger partial charge in [-0.1, -0.05) is 12.8 Å². The molecular weight excluding hydrogens is 380 g/mol. The van der Waals surface area contributed by atoms with Gasteiger partial charge in [0.15, 0.2) is 11.8 Å². The molecule has 9 heteroatoms. The standard InChI is InChI=1S/C21H36N8O/c1-17-24-25-19(26(17)2)15-22-21(23-18-7-3-4-8-18)29-13-11-27(12-14-29)16-20(30)28-9-5-6-10-28/h18H,3-16H2,1-2H3,(H,22,23). The maximum absolute atomic E-state index is 12.5. The average Bonchev–Trinajstić information content (AvgIpc) is 3.51. The molecule has 0 bridgehead atoms. The van der Waals surface area contributed by atoms with Crippen molar-refractivity contribution >= 4 is 11.9 Å². The van der Waals surface area contributed by atoms with Gasteiger partial charge >= 0.3 is 0 Å². The zero-order chi connectivity index (χ0) is 20.9. The third-order valence-corrected chi connectivity index (χ3v) is 6.73. The number of aryl methyl sites for hydroxylation is 1. The molecule has 1 N–H and O–H groups in total. The highest BCUT2D eigenvalue weighted by molar-refractivity contribution is 5.81. The van der Waals surface area contributed by atoms with Crippen LogP contribution in [0.15, 0.2) is 4.99 Å². The molecule has 3 fully saturated rings. The maximum atomic E-state index is 12.5. The Morgan fingerprint density at radius 2 is 1.70 bits per heavy atom. The van der Waals surface area contributed by atoms with E-state index in [0.29, 0.717) is 19.1 Å². The highest BCUT2D eigenvalue weighted by Crippen LogP contribution is 2.18. The van der Waals surface area contributed by atoms with Crippen LogP contribution in [0, 0.1) is 6.92 Å². The van der Waals surface area contributed by atoms with E-state index in [-0.39, 0.29) is 5.91 Å². The molecule has 1 amide bonds. The highest BCUT2D eigenvalue weighted by atomic mass is 16.2. The predicted molar refractivity (Wildman–Crippen MR) is 116 cm³/mol. The molecular formula is C21H36N8O. The Labute approximate surface area is 179 Å². The number of hydrogen-bond acceptors (Lipinski definition) is 5. The van der Waals surface area contributed by atoms with Crippen LogP contribution in [0.5, 0.6) is 0 Å². The van der Waals surface area contributed by atoms with Crippen molar-refractivity contribution in [3.63, 3.8) is 0 Å². The SMILES string of the molecule is Cc1nnc(CN=C(NC2CCCC2)N2CCN(CC(=O)N3CCCC3)CC2)n1C. The lowest BCUT2D eigenvalue weighted by molar-refractivity contribution is -0.131. The molecule has 1 saturated carbocycles. The zero-order valence-corrected chi connectivity index (χ0v) is 18.5. The lowest BCUT2D eigenvalue weighted by atomic mass is 10.2. The van der Waals surface area contributed by atoms with Crippen LogP contribution in [0.2, 0.25) is 0 Å². The van der Waals surface area contributed by atoms with Gasteiger partial charge in [0.1, 0.15) is 12.4 Å². The first-order valence-corrected chi connectivity index (χ1v) is 11.5. The van der Waals surface area contributed by atoms with Gasteiger partial charge in [-0.05, 0) is 32.6 Å². The van der Waals surface area contributed by atoms with Gasteiger partial charge in [0.05, 0.1) is 6.54 Å². The molecule has 30 heavy (non-hydrogen) atoms. The summed E-state index contributed by atoms with van der Waals surface area (Å²) in [6.45, 7) is 8.48.